The Bertz CT molecular complexity index is 1340. The number of fused-ring (bicyclic) bond motifs is 1. The van der Waals surface area contributed by atoms with E-state index in [2.05, 4.69) is 5.32 Å². The lowest BCUT2D eigenvalue weighted by atomic mass is 10.1. The molecule has 0 spiro atoms. The third kappa shape index (κ3) is 4.81. The molecule has 1 aliphatic rings. The van der Waals surface area contributed by atoms with Crippen molar-refractivity contribution >= 4 is 52.6 Å². The summed E-state index contributed by atoms with van der Waals surface area (Å²) < 4.78 is 5.08. The molecule has 0 atom stereocenters. The summed E-state index contributed by atoms with van der Waals surface area (Å²) in [6.45, 7) is 1.27. The fraction of sp³-hybridized carbons (Fsp3) is 0.120. The number of anilines is 1. The Morgan fingerprint density at radius 3 is 2.41 bits per heavy atom. The van der Waals surface area contributed by atoms with Crippen LogP contribution in [0.5, 0.6) is 0 Å². The number of ether oxygens (including phenoxy) is 1. The summed E-state index contributed by atoms with van der Waals surface area (Å²) in [5, 5.41) is 3.62. The van der Waals surface area contributed by atoms with Gasteiger partial charge in [0.25, 0.3) is 17.7 Å². The fourth-order valence-electron chi connectivity index (χ4n) is 3.53. The van der Waals surface area contributed by atoms with Crippen LogP contribution in [0.4, 0.5) is 5.69 Å². The lowest BCUT2D eigenvalue weighted by Crippen LogP contribution is -2.29. The number of amides is 3. The number of aryl methyl sites for hydroxylation is 1. The molecule has 3 amide bonds. The van der Waals surface area contributed by atoms with Crippen LogP contribution in [0.3, 0.4) is 0 Å². The van der Waals surface area contributed by atoms with Crippen molar-refractivity contribution in [3.8, 4) is 0 Å². The summed E-state index contributed by atoms with van der Waals surface area (Å²) in [7, 11) is 0. The highest BCUT2D eigenvalue weighted by Crippen LogP contribution is 2.27. The standard InChI is InChI=1S/C25H18Cl2N2O5/c1-14-10-17(26)7-9-21(14)28-22(30)13-34-25(33)15-6-8-18-19(11-15)24(32)29(23(18)31)12-16-4-2-3-5-20(16)27/h2-11H,12-13H2,1H3,(H,28,30). The van der Waals surface area contributed by atoms with Gasteiger partial charge < -0.3 is 10.1 Å². The van der Waals surface area contributed by atoms with E-state index in [4.69, 9.17) is 27.9 Å². The van der Waals surface area contributed by atoms with Crippen LogP contribution >= 0.6 is 23.2 Å². The van der Waals surface area contributed by atoms with Crippen LogP contribution in [-0.4, -0.2) is 35.2 Å². The van der Waals surface area contributed by atoms with Gasteiger partial charge in [-0.05, 0) is 60.5 Å². The summed E-state index contributed by atoms with van der Waals surface area (Å²) >= 11 is 12.1. The number of hydrogen-bond acceptors (Lipinski definition) is 5. The molecular formula is C25H18Cl2N2O5. The van der Waals surface area contributed by atoms with Gasteiger partial charge in [-0.2, -0.15) is 0 Å². The quantitative estimate of drug-likeness (QED) is 0.387. The van der Waals surface area contributed by atoms with Crippen molar-refractivity contribution in [2.45, 2.75) is 13.5 Å². The lowest BCUT2D eigenvalue weighted by molar-refractivity contribution is -0.119. The molecule has 0 aromatic heterocycles. The van der Waals surface area contributed by atoms with E-state index >= 15 is 0 Å². The van der Waals surface area contributed by atoms with Crippen LogP contribution in [0.1, 0.15) is 42.2 Å². The van der Waals surface area contributed by atoms with Crippen LogP contribution < -0.4 is 5.32 Å². The molecule has 3 aromatic carbocycles. The molecule has 172 valence electrons. The monoisotopic (exact) mass is 496 g/mol. The highest BCUT2D eigenvalue weighted by Gasteiger charge is 2.36. The van der Waals surface area contributed by atoms with Crippen molar-refractivity contribution in [1.29, 1.82) is 0 Å². The Hall–Kier alpha value is -3.68. The third-order valence-electron chi connectivity index (χ3n) is 5.29. The average molecular weight is 497 g/mol. The van der Waals surface area contributed by atoms with Gasteiger partial charge in [-0.3, -0.25) is 19.3 Å². The van der Waals surface area contributed by atoms with E-state index in [9.17, 15) is 19.2 Å². The van der Waals surface area contributed by atoms with Gasteiger partial charge in [-0.15, -0.1) is 0 Å². The van der Waals surface area contributed by atoms with Crippen LogP contribution in [0.15, 0.2) is 60.7 Å². The maximum Gasteiger partial charge on any atom is 0.338 e. The molecule has 3 aromatic rings. The number of halogens is 2. The van der Waals surface area contributed by atoms with Crippen LogP contribution in [0.25, 0.3) is 0 Å². The Balaban J connectivity index is 1.42. The van der Waals surface area contributed by atoms with Crippen LogP contribution in [-0.2, 0) is 16.1 Å². The second-order valence-electron chi connectivity index (χ2n) is 7.63. The highest BCUT2D eigenvalue weighted by atomic mass is 35.5. The van der Waals surface area contributed by atoms with Gasteiger partial charge in [0, 0.05) is 15.7 Å². The van der Waals surface area contributed by atoms with Crippen molar-refractivity contribution in [2.75, 3.05) is 11.9 Å². The van der Waals surface area contributed by atoms with Gasteiger partial charge >= 0.3 is 5.97 Å². The molecule has 0 radical (unpaired) electrons. The zero-order valence-corrected chi connectivity index (χ0v) is 19.4. The van der Waals surface area contributed by atoms with Gasteiger partial charge in [0.15, 0.2) is 6.61 Å². The van der Waals surface area contributed by atoms with Crippen molar-refractivity contribution in [1.82, 2.24) is 4.90 Å². The van der Waals surface area contributed by atoms with E-state index in [1.807, 2.05) is 0 Å². The fourth-order valence-corrected chi connectivity index (χ4v) is 3.95. The van der Waals surface area contributed by atoms with Gasteiger partial charge in [-0.25, -0.2) is 4.79 Å². The molecule has 0 aliphatic carbocycles. The van der Waals surface area contributed by atoms with Gasteiger partial charge in [0.05, 0.1) is 23.2 Å². The van der Waals surface area contributed by atoms with Gasteiger partial charge in [0.1, 0.15) is 0 Å². The lowest BCUT2D eigenvalue weighted by Gasteiger charge is -2.14. The summed E-state index contributed by atoms with van der Waals surface area (Å²) in [5.41, 5.74) is 2.26. The first kappa shape index (κ1) is 23.5. The van der Waals surface area contributed by atoms with Crippen LogP contribution in [0.2, 0.25) is 10.0 Å². The minimum atomic E-state index is -0.796. The molecule has 9 heteroatoms. The van der Waals surface area contributed by atoms with Crippen molar-refractivity contribution in [2.24, 2.45) is 0 Å². The molecule has 1 aliphatic heterocycles. The number of nitrogens with one attached hydrogen (secondary N) is 1. The number of imide groups is 1. The number of carbonyl (C=O) groups excluding carboxylic acids is 4. The van der Waals surface area contributed by atoms with Crippen molar-refractivity contribution in [3.63, 3.8) is 0 Å². The zero-order valence-electron chi connectivity index (χ0n) is 17.9. The molecule has 0 unspecified atom stereocenters. The molecule has 0 bridgehead atoms. The zero-order chi connectivity index (χ0) is 24.4. The Kier molecular flexibility index (Phi) is 6.68. The normalized spacial score (nSPS) is 12.5. The van der Waals surface area contributed by atoms with E-state index in [-0.39, 0.29) is 23.2 Å². The first-order valence-electron chi connectivity index (χ1n) is 10.2. The molecule has 1 N–H and O–H groups in total. The number of hydrogen-bond donors (Lipinski definition) is 1. The molecule has 0 saturated heterocycles. The summed E-state index contributed by atoms with van der Waals surface area (Å²) in [6.07, 6.45) is 0. The minimum Gasteiger partial charge on any atom is -0.452 e. The molecule has 7 nitrogen and oxygen atoms in total. The maximum absolute atomic E-state index is 12.9. The topological polar surface area (TPSA) is 92.8 Å². The number of rotatable bonds is 6. The van der Waals surface area contributed by atoms with E-state index in [1.54, 1.807) is 49.4 Å². The summed E-state index contributed by atoms with van der Waals surface area (Å²) in [6, 6.07) is 16.0. The summed E-state index contributed by atoms with van der Waals surface area (Å²) in [5.74, 6) is -2.34. The van der Waals surface area contributed by atoms with E-state index in [1.165, 1.54) is 18.2 Å². The molecule has 0 fully saturated rings. The van der Waals surface area contributed by atoms with E-state index in [0.717, 1.165) is 10.5 Å². The average Bonchev–Trinajstić information content (AvgIpc) is 3.05. The van der Waals surface area contributed by atoms with Crippen molar-refractivity contribution in [3.05, 3.63) is 98.5 Å². The Morgan fingerprint density at radius 2 is 1.68 bits per heavy atom. The molecular weight excluding hydrogens is 479 g/mol. The highest BCUT2D eigenvalue weighted by molar-refractivity contribution is 6.31. The Morgan fingerprint density at radius 1 is 0.941 bits per heavy atom. The van der Waals surface area contributed by atoms with Gasteiger partial charge in [-0.1, -0.05) is 41.4 Å². The number of esters is 1. The second kappa shape index (κ2) is 9.67. The third-order valence-corrected chi connectivity index (χ3v) is 5.89. The Labute approximate surface area is 205 Å². The van der Waals surface area contributed by atoms with Crippen molar-refractivity contribution < 1.29 is 23.9 Å². The first-order chi connectivity index (χ1) is 16.2. The van der Waals surface area contributed by atoms with Crippen LogP contribution in [0, 0.1) is 6.92 Å². The SMILES string of the molecule is Cc1cc(Cl)ccc1NC(=O)COC(=O)c1ccc2c(c1)C(=O)N(Cc1ccccc1Cl)C2=O. The molecule has 34 heavy (non-hydrogen) atoms. The maximum atomic E-state index is 12.9. The number of benzene rings is 3. The predicted octanol–water partition coefficient (Wildman–Crippen LogP) is 4.89. The minimum absolute atomic E-state index is 0.0100. The van der Waals surface area contributed by atoms with E-state index < -0.39 is 30.3 Å². The van der Waals surface area contributed by atoms with Gasteiger partial charge in [0.2, 0.25) is 0 Å². The van der Waals surface area contributed by atoms with E-state index in [0.29, 0.717) is 21.3 Å². The molecule has 4 rings (SSSR count). The first-order valence-corrected chi connectivity index (χ1v) is 11.0. The number of nitrogens with zero attached hydrogens (tertiary/aromatic N) is 1. The second-order valence-corrected chi connectivity index (χ2v) is 8.48. The molecule has 0 saturated carbocycles. The smallest absolute Gasteiger partial charge is 0.338 e. The number of carbonyl (C=O) groups is 4. The largest absolute Gasteiger partial charge is 0.452 e. The molecule has 1 heterocycles. The summed E-state index contributed by atoms with van der Waals surface area (Å²) in [4.78, 5) is 51.3. The predicted molar refractivity (Wildman–Crippen MR) is 127 cm³/mol.